The summed E-state index contributed by atoms with van der Waals surface area (Å²) in [4.78, 5) is 32.3. The van der Waals surface area contributed by atoms with E-state index < -0.39 is 0 Å². The molecular weight excluding hydrogens is 472 g/mol. The molecule has 5 rings (SSSR count). The first-order chi connectivity index (χ1) is 14.4. The predicted molar refractivity (Wildman–Crippen MR) is 116 cm³/mol. The Balaban J connectivity index is 1.24. The van der Waals surface area contributed by atoms with Crippen molar-refractivity contribution < 1.29 is 14.3 Å². The first-order valence-electron chi connectivity index (χ1n) is 9.41. The summed E-state index contributed by atoms with van der Waals surface area (Å²) in [5.74, 6) is -0.379. The molecule has 156 valence electrons. The van der Waals surface area contributed by atoms with Crippen LogP contribution < -0.4 is 10.6 Å². The largest absolute Gasteiger partial charge is 0.380 e. The number of carbonyl (C=O) groups excluding carboxylic acids is 2. The van der Waals surface area contributed by atoms with E-state index in [1.165, 1.54) is 17.5 Å². The van der Waals surface area contributed by atoms with E-state index >= 15 is 0 Å². The molecule has 0 saturated carbocycles. The number of thiazole rings is 1. The van der Waals surface area contributed by atoms with E-state index in [1.54, 1.807) is 29.9 Å². The van der Waals surface area contributed by atoms with Gasteiger partial charge in [-0.15, -0.1) is 11.3 Å². The number of halogens is 1. The van der Waals surface area contributed by atoms with E-state index in [9.17, 15) is 9.59 Å². The van der Waals surface area contributed by atoms with Crippen molar-refractivity contribution >= 4 is 55.3 Å². The van der Waals surface area contributed by atoms with E-state index in [1.807, 2.05) is 0 Å². The highest BCUT2D eigenvalue weighted by Crippen LogP contribution is 2.37. The number of hydrogen-bond acceptors (Lipinski definition) is 7. The SMILES string of the molecule is Cc1ncc(NC(=O)CN2CC3(COC3)C2)cc1NC(=O)c1cnn2cc(Br)sc12. The van der Waals surface area contributed by atoms with Crippen LogP contribution in [0.15, 0.2) is 28.4 Å². The number of nitrogens with zero attached hydrogens (tertiary/aromatic N) is 4. The fraction of sp³-hybridized carbons (Fsp3) is 0.368. The van der Waals surface area contributed by atoms with Gasteiger partial charge >= 0.3 is 0 Å². The Morgan fingerprint density at radius 3 is 2.83 bits per heavy atom. The van der Waals surface area contributed by atoms with Crippen LogP contribution in [-0.2, 0) is 9.53 Å². The molecule has 0 aliphatic carbocycles. The number of fused-ring (bicyclic) bond motifs is 1. The fourth-order valence-corrected chi connectivity index (χ4v) is 5.26. The third kappa shape index (κ3) is 3.62. The molecule has 0 atom stereocenters. The van der Waals surface area contributed by atoms with Gasteiger partial charge in [0.25, 0.3) is 5.91 Å². The predicted octanol–water partition coefficient (Wildman–Crippen LogP) is 2.38. The monoisotopic (exact) mass is 490 g/mol. The molecular formula is C19H19BrN6O3S. The molecule has 0 unspecified atom stereocenters. The van der Waals surface area contributed by atoms with E-state index in [0.717, 1.165) is 34.9 Å². The van der Waals surface area contributed by atoms with Crippen molar-refractivity contribution in [3.05, 3.63) is 39.7 Å². The molecule has 2 aliphatic rings. The maximum atomic E-state index is 12.8. The smallest absolute Gasteiger partial charge is 0.260 e. The molecule has 30 heavy (non-hydrogen) atoms. The first-order valence-corrected chi connectivity index (χ1v) is 11.0. The molecule has 5 heterocycles. The van der Waals surface area contributed by atoms with Gasteiger partial charge in [-0.25, -0.2) is 4.52 Å². The number of aryl methyl sites for hydroxylation is 1. The Bertz CT molecular complexity index is 1150. The highest BCUT2D eigenvalue weighted by molar-refractivity contribution is 9.11. The van der Waals surface area contributed by atoms with Crippen molar-refractivity contribution in [3.8, 4) is 0 Å². The van der Waals surface area contributed by atoms with Crippen LogP contribution in [0, 0.1) is 12.3 Å². The molecule has 2 N–H and O–H groups in total. The topological polar surface area (TPSA) is 101 Å². The molecule has 2 saturated heterocycles. The van der Waals surface area contributed by atoms with Crippen LogP contribution in [0.3, 0.4) is 0 Å². The lowest BCUT2D eigenvalue weighted by atomic mass is 9.78. The van der Waals surface area contributed by atoms with Crippen LogP contribution in [0.5, 0.6) is 0 Å². The minimum absolute atomic E-state index is 0.102. The molecule has 3 aromatic rings. The zero-order valence-electron chi connectivity index (χ0n) is 16.1. The Kier molecular flexibility index (Phi) is 4.85. The number of rotatable bonds is 5. The van der Waals surface area contributed by atoms with E-state index in [4.69, 9.17) is 4.74 Å². The normalized spacial score (nSPS) is 17.5. The number of anilines is 2. The summed E-state index contributed by atoms with van der Waals surface area (Å²) < 4.78 is 7.80. The summed E-state index contributed by atoms with van der Waals surface area (Å²) in [7, 11) is 0. The van der Waals surface area contributed by atoms with Crippen molar-refractivity contribution in [1.82, 2.24) is 19.5 Å². The lowest BCUT2D eigenvalue weighted by Crippen LogP contribution is -2.66. The minimum atomic E-state index is -0.277. The molecule has 11 heteroatoms. The number of nitrogens with one attached hydrogen (secondary N) is 2. The maximum absolute atomic E-state index is 12.8. The van der Waals surface area contributed by atoms with Crippen molar-refractivity contribution in [2.45, 2.75) is 6.92 Å². The van der Waals surface area contributed by atoms with Crippen LogP contribution in [0.1, 0.15) is 16.1 Å². The lowest BCUT2D eigenvalue weighted by molar-refractivity contribution is -0.188. The molecule has 2 amide bonds. The van der Waals surface area contributed by atoms with Gasteiger partial charge < -0.3 is 15.4 Å². The van der Waals surface area contributed by atoms with Crippen LogP contribution in [0.2, 0.25) is 0 Å². The molecule has 0 radical (unpaired) electrons. The quantitative estimate of drug-likeness (QED) is 0.569. The van der Waals surface area contributed by atoms with Gasteiger partial charge in [0.2, 0.25) is 5.91 Å². The average Bonchev–Trinajstić information content (AvgIpc) is 3.17. The second-order valence-electron chi connectivity index (χ2n) is 7.84. The molecule has 1 spiro atoms. The Labute approximate surface area is 184 Å². The molecule has 3 aromatic heterocycles. The van der Waals surface area contributed by atoms with Crippen molar-refractivity contribution in [3.63, 3.8) is 0 Å². The minimum Gasteiger partial charge on any atom is -0.380 e. The highest BCUT2D eigenvalue weighted by Gasteiger charge is 2.49. The Morgan fingerprint density at radius 1 is 1.30 bits per heavy atom. The van der Waals surface area contributed by atoms with Gasteiger partial charge in [0.05, 0.1) is 64.8 Å². The van der Waals surface area contributed by atoms with Crippen molar-refractivity contribution in [2.75, 3.05) is 43.5 Å². The second kappa shape index (κ2) is 7.41. The van der Waals surface area contributed by atoms with E-state index in [-0.39, 0.29) is 17.2 Å². The number of amides is 2. The van der Waals surface area contributed by atoms with Crippen LogP contribution in [-0.4, -0.2) is 64.2 Å². The van der Waals surface area contributed by atoms with E-state index in [2.05, 4.69) is 41.5 Å². The number of pyridine rings is 1. The zero-order valence-corrected chi connectivity index (χ0v) is 18.5. The van der Waals surface area contributed by atoms with Crippen LogP contribution in [0.25, 0.3) is 4.83 Å². The summed E-state index contributed by atoms with van der Waals surface area (Å²) in [5, 5.41) is 9.94. The second-order valence-corrected chi connectivity index (χ2v) is 10.3. The van der Waals surface area contributed by atoms with Gasteiger partial charge in [-0.05, 0) is 28.9 Å². The number of ether oxygens (including phenoxy) is 1. The maximum Gasteiger partial charge on any atom is 0.260 e. The zero-order chi connectivity index (χ0) is 20.9. The molecule has 0 aromatic carbocycles. The fourth-order valence-electron chi connectivity index (χ4n) is 3.82. The summed E-state index contributed by atoms with van der Waals surface area (Å²) >= 11 is 4.83. The summed E-state index contributed by atoms with van der Waals surface area (Å²) in [6.07, 6.45) is 4.93. The third-order valence-corrected chi connectivity index (χ3v) is 6.92. The summed E-state index contributed by atoms with van der Waals surface area (Å²) in [6.45, 7) is 5.51. The lowest BCUT2D eigenvalue weighted by Gasteiger charge is -2.54. The van der Waals surface area contributed by atoms with Gasteiger partial charge in [-0.2, -0.15) is 5.10 Å². The molecule has 0 bridgehead atoms. The standard InChI is InChI=1S/C19H19BrN6O3S/c1-11-14(24-17(28)13-4-22-26-5-15(20)30-18(13)26)2-12(3-21-11)23-16(27)6-25-7-19(8-25)9-29-10-19/h2-5H,6-10H2,1H3,(H,23,27)(H,24,28). The van der Waals surface area contributed by atoms with Crippen LogP contribution >= 0.6 is 27.3 Å². The van der Waals surface area contributed by atoms with Gasteiger partial charge in [-0.1, -0.05) is 0 Å². The van der Waals surface area contributed by atoms with E-state index in [0.29, 0.717) is 29.2 Å². The summed E-state index contributed by atoms with van der Waals surface area (Å²) in [6, 6.07) is 1.72. The highest BCUT2D eigenvalue weighted by atomic mass is 79.9. The number of likely N-dealkylation sites (tertiary alicyclic amines) is 1. The number of hydrogen-bond donors (Lipinski definition) is 2. The van der Waals surface area contributed by atoms with Crippen LogP contribution in [0.4, 0.5) is 11.4 Å². The van der Waals surface area contributed by atoms with Crippen molar-refractivity contribution in [1.29, 1.82) is 0 Å². The first kappa shape index (κ1) is 19.6. The molecule has 9 nitrogen and oxygen atoms in total. The Morgan fingerprint density at radius 2 is 2.10 bits per heavy atom. The number of aromatic nitrogens is 3. The number of carbonyl (C=O) groups is 2. The van der Waals surface area contributed by atoms with Gasteiger partial charge in [0.1, 0.15) is 4.83 Å². The van der Waals surface area contributed by atoms with Gasteiger partial charge in [-0.3, -0.25) is 19.5 Å². The Hall–Kier alpha value is -2.34. The van der Waals surface area contributed by atoms with Gasteiger partial charge in [0, 0.05) is 18.5 Å². The molecule has 2 aliphatic heterocycles. The van der Waals surface area contributed by atoms with Crippen molar-refractivity contribution in [2.24, 2.45) is 5.41 Å². The average molecular weight is 491 g/mol. The molecule has 2 fully saturated rings. The summed E-state index contributed by atoms with van der Waals surface area (Å²) in [5.41, 5.74) is 2.50. The van der Waals surface area contributed by atoms with Gasteiger partial charge in [0.15, 0.2) is 0 Å². The third-order valence-electron chi connectivity index (χ3n) is 5.33.